The second-order valence-electron chi connectivity index (χ2n) is 42.6. The highest BCUT2D eigenvalue weighted by molar-refractivity contribution is 5.83. The van der Waals surface area contributed by atoms with Crippen LogP contribution in [0.15, 0.2) is 78.9 Å². The first-order valence-electron chi connectivity index (χ1n) is 56.1. The Morgan fingerprint density at radius 1 is 0.347 bits per heavy atom. The average Bonchev–Trinajstić information content (AvgIpc) is 1.00. The van der Waals surface area contributed by atoms with Crippen molar-refractivity contribution >= 4 is 76.3 Å². The third-order valence-electron chi connectivity index (χ3n) is 30.7. The zero-order chi connectivity index (χ0) is 109. The van der Waals surface area contributed by atoms with E-state index in [0.717, 1.165) is 55.2 Å². The van der Waals surface area contributed by atoms with Crippen molar-refractivity contribution in [3.05, 3.63) is 95.6 Å². The van der Waals surface area contributed by atoms with E-state index in [-0.39, 0.29) is 254 Å². The number of rotatable bonds is 80. The molecule has 0 radical (unpaired) electrons. The number of benzene rings is 3. The van der Waals surface area contributed by atoms with E-state index >= 15 is 0 Å². The number of unbranched alkanes of at least 4 members (excludes halogenated alkanes) is 14. The van der Waals surface area contributed by atoms with Gasteiger partial charge in [-0.2, -0.15) is 0 Å². The van der Waals surface area contributed by atoms with Gasteiger partial charge in [0.05, 0.1) is 97.8 Å². The average molecular weight is 2110 g/mol. The van der Waals surface area contributed by atoms with E-state index in [2.05, 4.69) is 72.9 Å². The minimum Gasteiger partial charge on any atom is -0.497 e. The summed E-state index contributed by atoms with van der Waals surface area (Å²) in [5, 5.41) is 5.86. The lowest BCUT2D eigenvalue weighted by Gasteiger charge is -2.43. The monoisotopic (exact) mass is 2110 g/mol. The van der Waals surface area contributed by atoms with Gasteiger partial charge in [0.2, 0.25) is 17.7 Å². The molecule has 0 aliphatic carbocycles. The molecule has 32 nitrogen and oxygen atoms in total. The van der Waals surface area contributed by atoms with Crippen LogP contribution >= 0.6 is 0 Å². The summed E-state index contributed by atoms with van der Waals surface area (Å²) >= 11 is 0. The molecule has 3 amide bonds. The van der Waals surface area contributed by atoms with E-state index in [1.165, 1.54) is 27.7 Å². The van der Waals surface area contributed by atoms with Crippen LogP contribution in [0.1, 0.15) is 344 Å². The van der Waals surface area contributed by atoms with E-state index in [4.69, 9.17) is 75.8 Å². The molecule has 32 heteroatoms. The number of hydrogen-bond acceptors (Lipinski definition) is 29. The molecule has 4 heterocycles. The van der Waals surface area contributed by atoms with Gasteiger partial charge in [-0.15, -0.1) is 0 Å². The second kappa shape index (κ2) is 71.3. The Hall–Kier alpha value is -8.83. The number of Topliss-reactive ketones (excluding diaryl/α,β-unsaturated/α-hetero) is 6. The Morgan fingerprint density at radius 3 is 1.09 bits per heavy atom. The summed E-state index contributed by atoms with van der Waals surface area (Å²) in [6.07, 6.45) is 15.5. The Morgan fingerprint density at radius 2 is 0.693 bits per heavy atom. The highest BCUT2D eigenvalue weighted by Gasteiger charge is 2.47. The number of hydrogen-bond donors (Lipinski definition) is 2. The minimum absolute atomic E-state index is 0.0102. The molecule has 4 fully saturated rings. The molecule has 17 atom stereocenters. The summed E-state index contributed by atoms with van der Waals surface area (Å²) in [7, 11) is 3.23. The van der Waals surface area contributed by atoms with Gasteiger partial charge in [-0.3, -0.25) is 57.5 Å². The van der Waals surface area contributed by atoms with Crippen LogP contribution < -0.4 is 20.1 Å². The third kappa shape index (κ3) is 47.2. The molecular weight excluding hydrogens is 1920 g/mol. The molecule has 3 aromatic rings. The molecular formula is C118H183N3O29. The maximum absolute atomic E-state index is 14.6. The summed E-state index contributed by atoms with van der Waals surface area (Å²) in [5.41, 5.74) is 0.229. The van der Waals surface area contributed by atoms with Gasteiger partial charge in [0, 0.05) is 173 Å². The van der Waals surface area contributed by atoms with Crippen molar-refractivity contribution in [2.45, 2.75) is 383 Å². The maximum Gasteiger partial charge on any atom is 0.306 e. The number of nitrogens with zero attached hydrogens (tertiary/aromatic N) is 1. The number of methoxy groups -OCH3 is 2. The molecule has 7 rings (SSSR count). The van der Waals surface area contributed by atoms with Crippen LogP contribution in [0.5, 0.6) is 11.5 Å². The zero-order valence-corrected chi connectivity index (χ0v) is 93.1. The van der Waals surface area contributed by atoms with Gasteiger partial charge in [-0.25, -0.2) is 0 Å². The number of likely N-dealkylation sites (tertiary alicyclic amines) is 1. The molecule has 150 heavy (non-hydrogen) atoms. The van der Waals surface area contributed by atoms with Crippen LogP contribution in [-0.4, -0.2) is 250 Å². The molecule has 844 valence electrons. The van der Waals surface area contributed by atoms with Crippen molar-refractivity contribution in [2.24, 2.45) is 58.7 Å². The Balaban J connectivity index is 0.929. The summed E-state index contributed by atoms with van der Waals surface area (Å²) in [5.74, 6) is 1.21. The molecule has 0 bridgehead atoms. The van der Waals surface area contributed by atoms with E-state index in [1.54, 1.807) is 19.1 Å². The fraction of sp³-hybridized carbons (Fsp3) is 0.737. The maximum atomic E-state index is 14.6. The number of carbonyl (C=O) groups is 13. The van der Waals surface area contributed by atoms with Crippen LogP contribution in [0.4, 0.5) is 0 Å². The van der Waals surface area contributed by atoms with Crippen LogP contribution in [0.3, 0.4) is 0 Å². The first-order chi connectivity index (χ1) is 72.0. The highest BCUT2D eigenvalue weighted by atomic mass is 16.7. The molecule has 0 aromatic heterocycles. The Labute approximate surface area is 893 Å². The number of nitrogens with one attached hydrogen (secondary N) is 2. The van der Waals surface area contributed by atoms with Crippen molar-refractivity contribution in [1.82, 2.24) is 15.5 Å². The van der Waals surface area contributed by atoms with Crippen molar-refractivity contribution in [3.63, 3.8) is 0 Å². The van der Waals surface area contributed by atoms with Crippen molar-refractivity contribution in [1.29, 1.82) is 0 Å². The molecule has 4 aliphatic rings. The smallest absolute Gasteiger partial charge is 0.306 e. The van der Waals surface area contributed by atoms with Crippen molar-refractivity contribution in [3.8, 4) is 11.5 Å². The summed E-state index contributed by atoms with van der Waals surface area (Å²) < 4.78 is 96.5. The minimum atomic E-state index is -1.17. The SMILES string of the molecule is COc1ccc(C(OC[C@@H]2C[C@@H](OC(=O)CCC(C)=O)CN2C(=O)CCCCCCCCCCC(=O)CC(COCCC(=O)CCCCCC(=O)CCCCOC2OC(COC(C)=O)C(C)C(C)C2C)(COCCC(=O)CCCCCC(=O)CCCCOC2OC(COC(C)=O)C(C)C(C)C2C)COCCC(=O)NCCCNC(=O)CCCCOC2OC(COC(C)=O)C(C)C(C)C2C)(c2ccccc2)c2ccc(OC)cc2)cc1. The Kier molecular flexibility index (Phi) is 60.8. The number of ketones is 6. The molecule has 15 unspecified atom stereocenters. The lowest BCUT2D eigenvalue weighted by atomic mass is 9.79. The summed E-state index contributed by atoms with van der Waals surface area (Å²) in [6, 6.07) is 24.9. The summed E-state index contributed by atoms with van der Waals surface area (Å²) in [6.45, 7) is 27.2. The molecule has 4 saturated heterocycles. The summed E-state index contributed by atoms with van der Waals surface area (Å²) in [4.78, 5) is 170. The van der Waals surface area contributed by atoms with Gasteiger partial charge in [-0.1, -0.05) is 168 Å². The van der Waals surface area contributed by atoms with Crippen LogP contribution in [0.2, 0.25) is 0 Å². The number of carbonyl (C=O) groups excluding carboxylic acids is 13. The van der Waals surface area contributed by atoms with E-state index in [0.29, 0.717) is 204 Å². The lowest BCUT2D eigenvalue weighted by Crippen LogP contribution is -2.47. The van der Waals surface area contributed by atoms with Crippen LogP contribution in [0, 0.1) is 58.7 Å². The molecule has 3 aromatic carbocycles. The fourth-order valence-electron chi connectivity index (χ4n) is 20.1. The third-order valence-corrected chi connectivity index (χ3v) is 30.7. The van der Waals surface area contributed by atoms with Gasteiger partial charge in [0.15, 0.2) is 18.9 Å². The Bertz CT molecular complexity index is 4180. The van der Waals surface area contributed by atoms with Gasteiger partial charge < -0.3 is 96.1 Å². The number of esters is 4. The fourth-order valence-corrected chi connectivity index (χ4v) is 20.1. The zero-order valence-electron chi connectivity index (χ0n) is 93.1. The van der Waals surface area contributed by atoms with E-state index in [1.807, 2.05) is 78.9 Å². The first-order valence-corrected chi connectivity index (χ1v) is 56.1. The van der Waals surface area contributed by atoms with Crippen molar-refractivity contribution in [2.75, 3.05) is 120 Å². The lowest BCUT2D eigenvalue weighted by molar-refractivity contribution is -0.255. The normalized spacial score (nSPS) is 22.6. The first kappa shape index (κ1) is 128. The largest absolute Gasteiger partial charge is 0.497 e. The molecule has 0 spiro atoms. The van der Waals surface area contributed by atoms with Crippen molar-refractivity contribution < 1.29 is 138 Å². The predicted molar refractivity (Wildman–Crippen MR) is 567 cm³/mol. The molecule has 2 N–H and O–H groups in total. The van der Waals surface area contributed by atoms with Crippen LogP contribution in [0.25, 0.3) is 0 Å². The highest BCUT2D eigenvalue weighted by Crippen LogP contribution is 2.45. The van der Waals surface area contributed by atoms with Gasteiger partial charge in [0.1, 0.15) is 77.7 Å². The van der Waals surface area contributed by atoms with Gasteiger partial charge in [0.25, 0.3) is 0 Å². The number of amides is 3. The number of ether oxygens (including phenoxy) is 16. The molecule has 0 saturated carbocycles. The van der Waals surface area contributed by atoms with Crippen LogP contribution in [-0.2, 0) is 134 Å². The molecule has 4 aliphatic heterocycles. The standard InChI is InChI=1S/C118H183N3O29/c1-82(122)51-60-113(134)147-106-72-98(75-146-118(95-40-25-22-26-41-95,96-52-56-104(135-14)57-53-96)97-54-58-105(136-15)59-55-97)121(74-106)112(133)50-32-21-19-17-16-18-20-27-48-103(130)73-117(79-137-69-61-101(128)44-30-23-28-42-99(126)46-33-36-66-140-114-89(8)83(2)86(5)107(148-114)76-143-92(11)123,80-138-70-62-102(129)45-31-24-29-43-100(127)47-34-37-67-141-115-90(9)84(3)87(6)108(149-115)77-144-93(12)124)81-139-71-63-111(132)120-65-39-64-119-110(131)49-35-38-68-142-116-91(10)85(4)88(7)109(150-116)78-145-94(13)125/h22,25-26,40-41,52-59,83-91,98,106-109,114-116H,16-21,23-24,27-39,42-51,60-81H2,1-15H3,(H,119,131)(H,120,132)/t83?,84?,85?,86?,87?,88?,89?,90?,91?,98-,106+,107?,108?,109?,114?,115?,116?,117?/m0/s1. The van der Waals surface area contributed by atoms with Gasteiger partial charge >= 0.3 is 23.9 Å². The van der Waals surface area contributed by atoms with E-state index < -0.39 is 48.0 Å². The predicted octanol–water partition coefficient (Wildman–Crippen LogP) is 18.9. The topological polar surface area (TPSA) is 397 Å². The van der Waals surface area contributed by atoms with Gasteiger partial charge in [-0.05, 0) is 167 Å². The van der Waals surface area contributed by atoms with E-state index in [9.17, 15) is 62.3 Å². The second-order valence-corrected chi connectivity index (χ2v) is 42.6. The quantitative estimate of drug-likeness (QED) is 0.0229.